The molecule has 1 saturated carbocycles. The summed E-state index contributed by atoms with van der Waals surface area (Å²) >= 11 is 0.942. The summed E-state index contributed by atoms with van der Waals surface area (Å²) in [6.07, 6.45) is 2.08. The van der Waals surface area contributed by atoms with Crippen LogP contribution in [-0.4, -0.2) is 26.0 Å². The van der Waals surface area contributed by atoms with E-state index >= 15 is 0 Å². The van der Waals surface area contributed by atoms with Gasteiger partial charge in [0.05, 0.1) is 0 Å². The number of nitrogens with one attached hydrogen (secondary N) is 1. The minimum atomic E-state index is -3.70. The Labute approximate surface area is 104 Å². The van der Waals surface area contributed by atoms with Crippen molar-refractivity contribution in [2.45, 2.75) is 24.7 Å². The molecule has 1 fully saturated rings. The maximum Gasteiger partial charge on any atom is 0.347 e. The number of rotatable bonds is 5. The van der Waals surface area contributed by atoms with E-state index in [4.69, 9.17) is 5.11 Å². The predicted octanol–water partition coefficient (Wildman–Crippen LogP) is 1.44. The third-order valence-corrected chi connectivity index (χ3v) is 5.47. The lowest BCUT2D eigenvalue weighted by Crippen LogP contribution is -2.27. The maximum atomic E-state index is 12.0. The Kier molecular flexibility index (Phi) is 3.24. The summed E-state index contributed by atoms with van der Waals surface area (Å²) in [5.41, 5.74) is 0.482. The van der Waals surface area contributed by atoms with Crippen molar-refractivity contribution in [3.63, 3.8) is 0 Å². The zero-order valence-electron chi connectivity index (χ0n) is 9.26. The van der Waals surface area contributed by atoms with Crippen LogP contribution in [0.3, 0.4) is 0 Å². The number of aromatic carboxylic acids is 1. The first-order chi connectivity index (χ1) is 7.92. The quantitative estimate of drug-likeness (QED) is 0.851. The van der Waals surface area contributed by atoms with E-state index < -0.39 is 16.0 Å². The van der Waals surface area contributed by atoms with Crippen LogP contribution in [0.15, 0.2) is 10.3 Å². The second kappa shape index (κ2) is 4.40. The van der Waals surface area contributed by atoms with Crippen molar-refractivity contribution in [1.29, 1.82) is 0 Å². The Morgan fingerprint density at radius 1 is 1.59 bits per heavy atom. The molecule has 2 N–H and O–H groups in total. The Bertz CT molecular complexity index is 543. The first-order valence-corrected chi connectivity index (χ1v) is 7.59. The molecule has 1 aromatic heterocycles. The summed E-state index contributed by atoms with van der Waals surface area (Å²) in [7, 11) is -3.70. The fourth-order valence-corrected chi connectivity index (χ4v) is 4.28. The van der Waals surface area contributed by atoms with Crippen LogP contribution in [-0.2, 0) is 10.0 Å². The molecular weight excluding hydrogens is 262 g/mol. The van der Waals surface area contributed by atoms with Crippen LogP contribution in [0.5, 0.6) is 0 Å². The van der Waals surface area contributed by atoms with Gasteiger partial charge in [0.25, 0.3) is 0 Å². The summed E-state index contributed by atoms with van der Waals surface area (Å²) < 4.78 is 26.5. The lowest BCUT2D eigenvalue weighted by atomic mass is 10.3. The highest BCUT2D eigenvalue weighted by Gasteiger charge is 2.29. The Balaban J connectivity index is 2.30. The van der Waals surface area contributed by atoms with Crippen molar-refractivity contribution in [2.24, 2.45) is 5.92 Å². The van der Waals surface area contributed by atoms with Gasteiger partial charge in [0, 0.05) is 6.54 Å². The van der Waals surface area contributed by atoms with Crippen molar-refractivity contribution in [3.05, 3.63) is 15.8 Å². The Hall–Kier alpha value is -0.920. The van der Waals surface area contributed by atoms with Crippen molar-refractivity contribution < 1.29 is 18.3 Å². The van der Waals surface area contributed by atoms with Gasteiger partial charge in [-0.1, -0.05) is 0 Å². The average molecular weight is 275 g/mol. The molecule has 0 bridgehead atoms. The lowest BCUT2D eigenvalue weighted by molar-refractivity contribution is 0.0698. The molecule has 0 aliphatic heterocycles. The zero-order valence-corrected chi connectivity index (χ0v) is 10.9. The molecule has 2 rings (SSSR count). The van der Waals surface area contributed by atoms with Gasteiger partial charge in [-0.2, -0.15) is 0 Å². The number of hydrogen-bond acceptors (Lipinski definition) is 4. The molecular formula is C10H13NO4S2. The first kappa shape index (κ1) is 12.5. The molecule has 17 heavy (non-hydrogen) atoms. The number of carboxylic acid groups (broad SMARTS) is 1. The Morgan fingerprint density at radius 2 is 2.24 bits per heavy atom. The van der Waals surface area contributed by atoms with E-state index in [1.807, 2.05) is 0 Å². The SMILES string of the molecule is Cc1csc(C(=O)O)c1S(=O)(=O)NCC1CC1. The van der Waals surface area contributed by atoms with Gasteiger partial charge in [-0.3, -0.25) is 0 Å². The molecule has 0 saturated heterocycles. The number of sulfonamides is 1. The third kappa shape index (κ3) is 2.67. The molecule has 0 spiro atoms. The van der Waals surface area contributed by atoms with Gasteiger partial charge >= 0.3 is 5.97 Å². The molecule has 0 radical (unpaired) electrons. The molecule has 0 amide bonds. The summed E-state index contributed by atoms with van der Waals surface area (Å²) in [6, 6.07) is 0. The minimum absolute atomic E-state index is 0.0874. The second-order valence-electron chi connectivity index (χ2n) is 4.18. The molecule has 1 aliphatic carbocycles. The topological polar surface area (TPSA) is 83.5 Å². The predicted molar refractivity (Wildman–Crippen MR) is 63.9 cm³/mol. The van der Waals surface area contributed by atoms with E-state index in [-0.39, 0.29) is 9.77 Å². The van der Waals surface area contributed by atoms with Crippen LogP contribution in [0.25, 0.3) is 0 Å². The van der Waals surface area contributed by atoms with Crippen LogP contribution in [0.1, 0.15) is 28.1 Å². The minimum Gasteiger partial charge on any atom is -0.477 e. The van der Waals surface area contributed by atoms with E-state index in [0.717, 1.165) is 24.2 Å². The average Bonchev–Trinajstić information content (AvgIpc) is 2.97. The van der Waals surface area contributed by atoms with Gasteiger partial charge < -0.3 is 5.11 Å². The van der Waals surface area contributed by atoms with Gasteiger partial charge in [0.1, 0.15) is 9.77 Å². The van der Waals surface area contributed by atoms with Crippen LogP contribution in [0.2, 0.25) is 0 Å². The molecule has 1 aromatic rings. The van der Waals surface area contributed by atoms with Gasteiger partial charge in [0.15, 0.2) is 0 Å². The highest BCUT2D eigenvalue weighted by Crippen LogP contribution is 2.30. The normalized spacial score (nSPS) is 16.1. The van der Waals surface area contributed by atoms with Crippen LogP contribution >= 0.6 is 11.3 Å². The number of carbonyl (C=O) groups is 1. The molecule has 7 heteroatoms. The van der Waals surface area contributed by atoms with Gasteiger partial charge in [-0.25, -0.2) is 17.9 Å². The molecule has 0 unspecified atom stereocenters. The molecule has 5 nitrogen and oxygen atoms in total. The van der Waals surface area contributed by atoms with E-state index in [0.29, 0.717) is 18.0 Å². The van der Waals surface area contributed by atoms with E-state index in [1.165, 1.54) is 0 Å². The maximum absolute atomic E-state index is 12.0. The standard InChI is InChI=1S/C10H13NO4S2/c1-6-5-16-8(10(12)13)9(6)17(14,15)11-4-7-2-3-7/h5,7,11H,2-4H2,1H3,(H,12,13). The summed E-state index contributed by atoms with van der Waals surface area (Å²) in [6.45, 7) is 2.01. The number of aryl methyl sites for hydroxylation is 1. The van der Waals surface area contributed by atoms with Crippen molar-refractivity contribution in [3.8, 4) is 0 Å². The van der Waals surface area contributed by atoms with E-state index in [9.17, 15) is 13.2 Å². The number of carboxylic acids is 1. The Morgan fingerprint density at radius 3 is 2.76 bits per heavy atom. The van der Waals surface area contributed by atoms with Crippen LogP contribution in [0.4, 0.5) is 0 Å². The van der Waals surface area contributed by atoms with Gasteiger partial charge in [0.2, 0.25) is 10.0 Å². The van der Waals surface area contributed by atoms with Gasteiger partial charge in [-0.15, -0.1) is 11.3 Å². The lowest BCUT2D eigenvalue weighted by Gasteiger charge is -2.06. The molecule has 1 heterocycles. The second-order valence-corrected chi connectivity index (χ2v) is 6.76. The summed E-state index contributed by atoms with van der Waals surface area (Å²) in [4.78, 5) is 10.7. The largest absolute Gasteiger partial charge is 0.477 e. The zero-order chi connectivity index (χ0) is 12.6. The summed E-state index contributed by atoms with van der Waals surface area (Å²) in [5.74, 6) is -0.785. The molecule has 0 aromatic carbocycles. The van der Waals surface area contributed by atoms with Crippen LogP contribution in [0, 0.1) is 12.8 Å². The molecule has 0 atom stereocenters. The van der Waals surface area contributed by atoms with Crippen molar-refractivity contribution >= 4 is 27.3 Å². The molecule has 1 aliphatic rings. The van der Waals surface area contributed by atoms with E-state index in [1.54, 1.807) is 12.3 Å². The van der Waals surface area contributed by atoms with E-state index in [2.05, 4.69) is 4.72 Å². The van der Waals surface area contributed by atoms with Crippen molar-refractivity contribution in [1.82, 2.24) is 4.72 Å². The molecule has 94 valence electrons. The number of thiophene rings is 1. The van der Waals surface area contributed by atoms with Gasteiger partial charge in [-0.05, 0) is 36.6 Å². The smallest absolute Gasteiger partial charge is 0.347 e. The highest BCUT2D eigenvalue weighted by molar-refractivity contribution is 7.89. The third-order valence-electron chi connectivity index (χ3n) is 2.64. The fourth-order valence-electron chi connectivity index (χ4n) is 1.54. The monoisotopic (exact) mass is 275 g/mol. The fraction of sp³-hybridized carbons (Fsp3) is 0.500. The van der Waals surface area contributed by atoms with Crippen LogP contribution < -0.4 is 4.72 Å². The first-order valence-electron chi connectivity index (χ1n) is 5.23. The highest BCUT2D eigenvalue weighted by atomic mass is 32.2. The number of hydrogen-bond donors (Lipinski definition) is 2. The van der Waals surface area contributed by atoms with Crippen molar-refractivity contribution in [2.75, 3.05) is 6.54 Å². The summed E-state index contributed by atoms with van der Waals surface area (Å²) in [5, 5.41) is 10.5.